The first-order valence-electron chi connectivity index (χ1n) is 7.26. The van der Waals surface area contributed by atoms with Crippen molar-refractivity contribution < 1.29 is 4.74 Å². The van der Waals surface area contributed by atoms with Gasteiger partial charge in [-0.15, -0.1) is 0 Å². The second-order valence-corrected chi connectivity index (χ2v) is 5.46. The fraction of sp³-hybridized carbons (Fsp3) is 0.333. The summed E-state index contributed by atoms with van der Waals surface area (Å²) >= 11 is 0. The third kappa shape index (κ3) is 3.20. The highest BCUT2D eigenvalue weighted by atomic mass is 16.5. The van der Waals surface area contributed by atoms with Crippen molar-refractivity contribution in [3.63, 3.8) is 0 Å². The van der Waals surface area contributed by atoms with E-state index in [4.69, 9.17) is 4.74 Å². The molecule has 20 heavy (non-hydrogen) atoms. The van der Waals surface area contributed by atoms with E-state index < -0.39 is 0 Å². The van der Waals surface area contributed by atoms with Gasteiger partial charge in [-0.05, 0) is 36.0 Å². The quantitative estimate of drug-likeness (QED) is 0.841. The van der Waals surface area contributed by atoms with Gasteiger partial charge in [0, 0.05) is 24.9 Å². The molecule has 0 aromatic heterocycles. The van der Waals surface area contributed by atoms with E-state index in [1.54, 1.807) is 7.11 Å². The minimum atomic E-state index is 0.643. The van der Waals surface area contributed by atoms with Crippen LogP contribution >= 0.6 is 0 Å². The molecule has 1 saturated carbocycles. The third-order valence-electron chi connectivity index (χ3n) is 3.83. The number of hydrogen-bond donors (Lipinski definition) is 1. The van der Waals surface area contributed by atoms with Crippen molar-refractivity contribution in [1.29, 1.82) is 0 Å². The predicted octanol–water partition coefficient (Wildman–Crippen LogP) is 4.32. The Bertz CT molecular complexity index is 558. The Labute approximate surface area is 120 Å². The topological polar surface area (TPSA) is 21.3 Å². The van der Waals surface area contributed by atoms with E-state index in [-0.39, 0.29) is 0 Å². The lowest BCUT2D eigenvalue weighted by Crippen LogP contribution is -2.03. The molecule has 0 amide bonds. The van der Waals surface area contributed by atoms with Crippen LogP contribution in [0, 0.1) is 0 Å². The summed E-state index contributed by atoms with van der Waals surface area (Å²) in [7, 11) is 1.73. The molecule has 1 aliphatic rings. The molecule has 2 nitrogen and oxygen atoms in total. The molecular weight excluding hydrogens is 246 g/mol. The summed E-state index contributed by atoms with van der Waals surface area (Å²) in [6.07, 6.45) is 2.73. The highest BCUT2D eigenvalue weighted by Crippen LogP contribution is 2.39. The summed E-state index contributed by atoms with van der Waals surface area (Å²) in [4.78, 5) is 0. The second-order valence-electron chi connectivity index (χ2n) is 5.46. The minimum Gasteiger partial charge on any atom is -0.381 e. The Morgan fingerprint density at radius 2 is 1.80 bits per heavy atom. The van der Waals surface area contributed by atoms with Crippen LogP contribution in [0.5, 0.6) is 0 Å². The fourth-order valence-electron chi connectivity index (χ4n) is 2.50. The molecular formula is C18H21NO. The number of hydrogen-bond acceptors (Lipinski definition) is 2. The average Bonchev–Trinajstić information content (AvgIpc) is 3.32. The molecule has 0 heterocycles. The van der Waals surface area contributed by atoms with Gasteiger partial charge in [0.25, 0.3) is 0 Å². The Morgan fingerprint density at radius 3 is 2.50 bits per heavy atom. The van der Waals surface area contributed by atoms with Crippen LogP contribution in [0.1, 0.15) is 35.4 Å². The van der Waals surface area contributed by atoms with E-state index in [2.05, 4.69) is 47.8 Å². The summed E-state index contributed by atoms with van der Waals surface area (Å²) in [6, 6.07) is 17.3. The van der Waals surface area contributed by atoms with Crippen LogP contribution in [0.2, 0.25) is 0 Å². The molecule has 0 atom stereocenters. The van der Waals surface area contributed by atoms with Crippen LogP contribution < -0.4 is 5.32 Å². The van der Waals surface area contributed by atoms with Crippen LogP contribution in [0.15, 0.2) is 48.5 Å². The van der Waals surface area contributed by atoms with E-state index in [0.717, 1.165) is 18.2 Å². The molecule has 0 radical (unpaired) electrons. The fourth-order valence-corrected chi connectivity index (χ4v) is 2.50. The van der Waals surface area contributed by atoms with Gasteiger partial charge in [0.1, 0.15) is 0 Å². The Balaban J connectivity index is 1.63. The molecule has 0 unspecified atom stereocenters. The molecule has 0 spiro atoms. The van der Waals surface area contributed by atoms with E-state index in [0.29, 0.717) is 6.61 Å². The lowest BCUT2D eigenvalue weighted by Gasteiger charge is -2.12. The SMILES string of the molecule is COCc1ccccc1NCc1ccc(C2CC2)cc1. The first kappa shape index (κ1) is 13.2. The minimum absolute atomic E-state index is 0.643. The van der Waals surface area contributed by atoms with Crippen molar-refractivity contribution in [3.05, 3.63) is 65.2 Å². The van der Waals surface area contributed by atoms with Crippen LogP contribution in [-0.4, -0.2) is 7.11 Å². The summed E-state index contributed by atoms with van der Waals surface area (Å²) in [6.45, 7) is 1.50. The van der Waals surface area contributed by atoms with Crippen molar-refractivity contribution in [3.8, 4) is 0 Å². The lowest BCUT2D eigenvalue weighted by molar-refractivity contribution is 0.185. The van der Waals surface area contributed by atoms with Crippen molar-refractivity contribution in [2.45, 2.75) is 31.9 Å². The van der Waals surface area contributed by atoms with Crippen LogP contribution in [-0.2, 0) is 17.9 Å². The average molecular weight is 267 g/mol. The standard InChI is InChI=1S/C18H21NO/c1-20-13-17-4-2-3-5-18(17)19-12-14-6-8-15(9-7-14)16-10-11-16/h2-9,16,19H,10-13H2,1H3. The number of ether oxygens (including phenoxy) is 1. The van der Waals surface area contributed by atoms with Gasteiger partial charge >= 0.3 is 0 Å². The van der Waals surface area contributed by atoms with E-state index in [9.17, 15) is 0 Å². The molecule has 1 N–H and O–H groups in total. The monoisotopic (exact) mass is 267 g/mol. The summed E-state index contributed by atoms with van der Waals surface area (Å²) in [5.74, 6) is 0.833. The van der Waals surface area contributed by atoms with Gasteiger partial charge in [0.2, 0.25) is 0 Å². The smallest absolute Gasteiger partial charge is 0.0733 e. The number of rotatable bonds is 6. The maximum atomic E-state index is 5.23. The zero-order chi connectivity index (χ0) is 13.8. The zero-order valence-corrected chi connectivity index (χ0v) is 11.9. The number of methoxy groups -OCH3 is 1. The first-order chi connectivity index (χ1) is 9.86. The van der Waals surface area contributed by atoms with Crippen LogP contribution in [0.25, 0.3) is 0 Å². The third-order valence-corrected chi connectivity index (χ3v) is 3.83. The molecule has 0 saturated heterocycles. The summed E-state index contributed by atoms with van der Waals surface area (Å²) in [5.41, 5.74) is 5.17. The molecule has 2 heteroatoms. The Hall–Kier alpha value is -1.80. The molecule has 104 valence electrons. The maximum absolute atomic E-state index is 5.23. The number of benzene rings is 2. The first-order valence-corrected chi connectivity index (χ1v) is 7.26. The predicted molar refractivity (Wildman–Crippen MR) is 82.9 cm³/mol. The summed E-state index contributed by atoms with van der Waals surface area (Å²) < 4.78 is 5.23. The van der Waals surface area contributed by atoms with E-state index >= 15 is 0 Å². The molecule has 1 fully saturated rings. The van der Waals surface area contributed by atoms with Crippen LogP contribution in [0.3, 0.4) is 0 Å². The van der Waals surface area contributed by atoms with Crippen molar-refractivity contribution in [1.82, 2.24) is 0 Å². The number of anilines is 1. The largest absolute Gasteiger partial charge is 0.381 e. The molecule has 3 rings (SSSR count). The molecule has 2 aromatic carbocycles. The normalized spacial score (nSPS) is 14.2. The van der Waals surface area contributed by atoms with Crippen molar-refractivity contribution >= 4 is 5.69 Å². The highest BCUT2D eigenvalue weighted by Gasteiger charge is 2.22. The second kappa shape index (κ2) is 6.10. The van der Waals surface area contributed by atoms with Gasteiger partial charge in [-0.25, -0.2) is 0 Å². The number of nitrogens with one attached hydrogen (secondary N) is 1. The molecule has 0 bridgehead atoms. The van der Waals surface area contributed by atoms with Gasteiger partial charge in [-0.3, -0.25) is 0 Å². The van der Waals surface area contributed by atoms with Gasteiger partial charge in [-0.1, -0.05) is 42.5 Å². The highest BCUT2D eigenvalue weighted by molar-refractivity contribution is 5.51. The maximum Gasteiger partial charge on any atom is 0.0733 e. The van der Waals surface area contributed by atoms with Gasteiger partial charge in [-0.2, -0.15) is 0 Å². The molecule has 2 aromatic rings. The van der Waals surface area contributed by atoms with E-state index in [1.165, 1.54) is 29.5 Å². The number of para-hydroxylation sites is 1. The Morgan fingerprint density at radius 1 is 1.05 bits per heavy atom. The zero-order valence-electron chi connectivity index (χ0n) is 11.9. The Kier molecular flexibility index (Phi) is 4.03. The molecule has 0 aliphatic heterocycles. The van der Waals surface area contributed by atoms with Gasteiger partial charge in [0.05, 0.1) is 6.61 Å². The van der Waals surface area contributed by atoms with Crippen molar-refractivity contribution in [2.24, 2.45) is 0 Å². The van der Waals surface area contributed by atoms with E-state index in [1.807, 2.05) is 6.07 Å². The van der Waals surface area contributed by atoms with Crippen molar-refractivity contribution in [2.75, 3.05) is 12.4 Å². The van der Waals surface area contributed by atoms with Gasteiger partial charge < -0.3 is 10.1 Å². The van der Waals surface area contributed by atoms with Gasteiger partial charge in [0.15, 0.2) is 0 Å². The molecule has 1 aliphatic carbocycles. The van der Waals surface area contributed by atoms with Crippen LogP contribution in [0.4, 0.5) is 5.69 Å². The lowest BCUT2D eigenvalue weighted by atomic mass is 10.1. The summed E-state index contributed by atoms with van der Waals surface area (Å²) in [5, 5.41) is 3.50.